The van der Waals surface area contributed by atoms with Gasteiger partial charge in [-0.1, -0.05) is 19.9 Å². The summed E-state index contributed by atoms with van der Waals surface area (Å²) in [5.41, 5.74) is 0.930. The molecule has 4 heteroatoms. The summed E-state index contributed by atoms with van der Waals surface area (Å²) in [6.45, 7) is 11.6. The first-order valence-corrected chi connectivity index (χ1v) is 7.18. The van der Waals surface area contributed by atoms with Gasteiger partial charge in [0.05, 0.1) is 6.10 Å². The van der Waals surface area contributed by atoms with Gasteiger partial charge in [-0.05, 0) is 18.9 Å². The van der Waals surface area contributed by atoms with Crippen LogP contribution < -0.4 is 4.90 Å². The van der Waals surface area contributed by atoms with Crippen molar-refractivity contribution in [1.82, 2.24) is 9.88 Å². The summed E-state index contributed by atoms with van der Waals surface area (Å²) >= 11 is 0. The van der Waals surface area contributed by atoms with Crippen molar-refractivity contribution in [3.63, 3.8) is 0 Å². The highest BCUT2D eigenvalue weighted by Crippen LogP contribution is 2.24. The second-order valence-corrected chi connectivity index (χ2v) is 5.77. The summed E-state index contributed by atoms with van der Waals surface area (Å²) in [7, 11) is 0. The monoisotopic (exact) mass is 263 g/mol. The van der Waals surface area contributed by atoms with Crippen molar-refractivity contribution in [2.45, 2.75) is 26.9 Å². The third-order valence-electron chi connectivity index (χ3n) is 3.56. The molecule has 1 aromatic heterocycles. The Morgan fingerprint density at radius 1 is 1.21 bits per heavy atom. The van der Waals surface area contributed by atoms with Crippen molar-refractivity contribution in [3.8, 4) is 0 Å². The number of nitrogens with zero attached hydrogens (tertiary/aromatic N) is 3. The molecule has 0 saturated carbocycles. The van der Waals surface area contributed by atoms with E-state index in [0.29, 0.717) is 0 Å². The van der Waals surface area contributed by atoms with Gasteiger partial charge in [-0.2, -0.15) is 0 Å². The first-order valence-electron chi connectivity index (χ1n) is 7.18. The fourth-order valence-electron chi connectivity index (χ4n) is 2.66. The number of aliphatic hydroxyl groups excluding tert-OH is 1. The normalized spacial score (nSPS) is 18.9. The molecule has 1 saturated heterocycles. The minimum absolute atomic E-state index is 0.461. The fourth-order valence-corrected chi connectivity index (χ4v) is 2.66. The Labute approximate surface area is 116 Å². The standard InChI is InChI=1S/C15H25N3O/c1-12(2)11-17-7-9-18(10-8-17)15-14(13(3)19)5-4-6-16-15/h4-6,12-13,19H,7-11H2,1-3H3/t13-/m1/s1. The maximum atomic E-state index is 9.83. The molecule has 0 bridgehead atoms. The van der Waals surface area contributed by atoms with Gasteiger partial charge in [-0.15, -0.1) is 0 Å². The van der Waals surface area contributed by atoms with Crippen molar-refractivity contribution in [2.75, 3.05) is 37.6 Å². The van der Waals surface area contributed by atoms with Crippen LogP contribution in [-0.4, -0.2) is 47.7 Å². The number of pyridine rings is 1. The Morgan fingerprint density at radius 2 is 1.89 bits per heavy atom. The zero-order valence-electron chi connectivity index (χ0n) is 12.2. The number of rotatable bonds is 4. The minimum atomic E-state index is -0.461. The lowest BCUT2D eigenvalue weighted by Gasteiger charge is -2.37. The molecule has 0 radical (unpaired) electrons. The molecule has 2 heterocycles. The number of aliphatic hydroxyl groups is 1. The number of anilines is 1. The van der Waals surface area contributed by atoms with Crippen LogP contribution in [0.2, 0.25) is 0 Å². The van der Waals surface area contributed by atoms with E-state index in [0.717, 1.165) is 43.5 Å². The number of aromatic nitrogens is 1. The van der Waals surface area contributed by atoms with Gasteiger partial charge in [0, 0.05) is 44.5 Å². The fraction of sp³-hybridized carbons (Fsp3) is 0.667. The van der Waals surface area contributed by atoms with E-state index in [1.807, 2.05) is 18.3 Å². The van der Waals surface area contributed by atoms with E-state index in [4.69, 9.17) is 0 Å². The molecule has 1 N–H and O–H groups in total. The van der Waals surface area contributed by atoms with E-state index in [1.54, 1.807) is 6.92 Å². The average Bonchev–Trinajstić information content (AvgIpc) is 2.39. The number of hydrogen-bond donors (Lipinski definition) is 1. The van der Waals surface area contributed by atoms with Crippen LogP contribution in [0.15, 0.2) is 18.3 Å². The summed E-state index contributed by atoms with van der Waals surface area (Å²) in [5, 5.41) is 9.83. The highest BCUT2D eigenvalue weighted by molar-refractivity contribution is 5.48. The zero-order chi connectivity index (χ0) is 13.8. The molecule has 19 heavy (non-hydrogen) atoms. The van der Waals surface area contributed by atoms with E-state index >= 15 is 0 Å². The Morgan fingerprint density at radius 3 is 2.47 bits per heavy atom. The van der Waals surface area contributed by atoms with Gasteiger partial charge in [-0.3, -0.25) is 4.90 Å². The molecule has 1 aliphatic heterocycles. The molecule has 1 aromatic rings. The SMILES string of the molecule is CC(C)CN1CCN(c2ncccc2[C@@H](C)O)CC1. The molecule has 1 atom stereocenters. The first kappa shape index (κ1) is 14.3. The average molecular weight is 263 g/mol. The lowest BCUT2D eigenvalue weighted by Crippen LogP contribution is -2.48. The lowest BCUT2D eigenvalue weighted by molar-refractivity contribution is 0.198. The van der Waals surface area contributed by atoms with Crippen LogP contribution in [0.5, 0.6) is 0 Å². The molecule has 0 aromatic carbocycles. The van der Waals surface area contributed by atoms with Crippen LogP contribution in [0.1, 0.15) is 32.4 Å². The van der Waals surface area contributed by atoms with Crippen LogP contribution in [0, 0.1) is 5.92 Å². The van der Waals surface area contributed by atoms with Gasteiger partial charge in [0.2, 0.25) is 0 Å². The Bertz CT molecular complexity index is 398. The third kappa shape index (κ3) is 3.67. The van der Waals surface area contributed by atoms with Crippen molar-refractivity contribution in [1.29, 1.82) is 0 Å². The molecule has 0 amide bonds. The second kappa shape index (κ2) is 6.35. The summed E-state index contributed by atoms with van der Waals surface area (Å²) in [6.07, 6.45) is 1.35. The zero-order valence-corrected chi connectivity index (χ0v) is 12.2. The van der Waals surface area contributed by atoms with Crippen LogP contribution >= 0.6 is 0 Å². The van der Waals surface area contributed by atoms with E-state index in [1.165, 1.54) is 6.54 Å². The first-order chi connectivity index (χ1) is 9.08. The predicted molar refractivity (Wildman–Crippen MR) is 78.4 cm³/mol. The summed E-state index contributed by atoms with van der Waals surface area (Å²) in [6, 6.07) is 3.86. The Kier molecular flexibility index (Phi) is 4.77. The third-order valence-corrected chi connectivity index (χ3v) is 3.56. The predicted octanol–water partition coefficient (Wildman–Crippen LogP) is 1.91. The highest BCUT2D eigenvalue weighted by atomic mass is 16.3. The van der Waals surface area contributed by atoms with E-state index in [-0.39, 0.29) is 0 Å². The number of hydrogen-bond acceptors (Lipinski definition) is 4. The summed E-state index contributed by atoms with van der Waals surface area (Å²) < 4.78 is 0. The quantitative estimate of drug-likeness (QED) is 0.901. The highest BCUT2D eigenvalue weighted by Gasteiger charge is 2.21. The Balaban J connectivity index is 2.02. The second-order valence-electron chi connectivity index (χ2n) is 5.77. The molecular weight excluding hydrogens is 238 g/mol. The molecule has 1 fully saturated rings. The largest absolute Gasteiger partial charge is 0.389 e. The molecule has 4 nitrogen and oxygen atoms in total. The van der Waals surface area contributed by atoms with Crippen molar-refractivity contribution in [3.05, 3.63) is 23.9 Å². The van der Waals surface area contributed by atoms with Crippen molar-refractivity contribution >= 4 is 5.82 Å². The van der Waals surface area contributed by atoms with Gasteiger partial charge in [0.25, 0.3) is 0 Å². The van der Waals surface area contributed by atoms with Crippen molar-refractivity contribution < 1.29 is 5.11 Å². The van der Waals surface area contributed by atoms with Gasteiger partial charge in [0.15, 0.2) is 0 Å². The van der Waals surface area contributed by atoms with E-state index in [2.05, 4.69) is 28.6 Å². The van der Waals surface area contributed by atoms with Gasteiger partial charge in [-0.25, -0.2) is 4.98 Å². The molecular formula is C15H25N3O. The summed E-state index contributed by atoms with van der Waals surface area (Å²) in [4.78, 5) is 9.25. The molecule has 2 rings (SSSR count). The van der Waals surface area contributed by atoms with Crippen LogP contribution in [-0.2, 0) is 0 Å². The Hall–Kier alpha value is -1.13. The van der Waals surface area contributed by atoms with Crippen LogP contribution in [0.3, 0.4) is 0 Å². The van der Waals surface area contributed by atoms with Gasteiger partial charge in [0.1, 0.15) is 5.82 Å². The summed E-state index contributed by atoms with van der Waals surface area (Å²) in [5.74, 6) is 1.66. The van der Waals surface area contributed by atoms with Crippen molar-refractivity contribution in [2.24, 2.45) is 5.92 Å². The van der Waals surface area contributed by atoms with E-state index in [9.17, 15) is 5.11 Å². The maximum absolute atomic E-state index is 9.83. The molecule has 1 aliphatic rings. The topological polar surface area (TPSA) is 39.6 Å². The minimum Gasteiger partial charge on any atom is -0.389 e. The number of piperazine rings is 1. The lowest BCUT2D eigenvalue weighted by atomic mass is 10.1. The maximum Gasteiger partial charge on any atom is 0.134 e. The molecule has 106 valence electrons. The van der Waals surface area contributed by atoms with Crippen LogP contribution in [0.25, 0.3) is 0 Å². The molecule has 0 spiro atoms. The van der Waals surface area contributed by atoms with Crippen LogP contribution in [0.4, 0.5) is 5.82 Å². The van der Waals surface area contributed by atoms with Gasteiger partial charge < -0.3 is 10.0 Å². The van der Waals surface area contributed by atoms with Gasteiger partial charge >= 0.3 is 0 Å². The molecule has 0 aliphatic carbocycles. The smallest absolute Gasteiger partial charge is 0.134 e. The van der Waals surface area contributed by atoms with E-state index < -0.39 is 6.10 Å². The molecule has 0 unspecified atom stereocenters.